The number of nitrogens with one attached hydrogen (secondary N) is 1. The van der Waals surface area contributed by atoms with Gasteiger partial charge in [0.15, 0.2) is 6.61 Å². The topological polar surface area (TPSA) is 75.7 Å². The minimum absolute atomic E-state index is 0.220. The lowest BCUT2D eigenvalue weighted by molar-refractivity contribution is -0.148. The fourth-order valence-corrected chi connectivity index (χ4v) is 7.46. The molecule has 1 fully saturated rings. The van der Waals surface area contributed by atoms with Crippen LogP contribution in [0.5, 0.6) is 0 Å². The fourth-order valence-electron chi connectivity index (χ4n) is 4.43. The number of amides is 3. The first-order chi connectivity index (χ1) is 16.5. The van der Waals surface area contributed by atoms with Gasteiger partial charge in [-0.3, -0.25) is 19.8 Å². The van der Waals surface area contributed by atoms with Gasteiger partial charge < -0.3 is 4.74 Å². The van der Waals surface area contributed by atoms with Crippen molar-refractivity contribution in [1.82, 2.24) is 5.32 Å². The third-order valence-corrected chi connectivity index (χ3v) is 9.17. The highest BCUT2D eigenvalue weighted by molar-refractivity contribution is 8.77. The lowest BCUT2D eigenvalue weighted by atomic mass is 9.94. The van der Waals surface area contributed by atoms with Gasteiger partial charge in [0.05, 0.1) is 11.4 Å². The molecule has 2 atom stereocenters. The van der Waals surface area contributed by atoms with E-state index in [-0.39, 0.29) is 12.3 Å². The van der Waals surface area contributed by atoms with Gasteiger partial charge in [-0.05, 0) is 54.9 Å². The van der Waals surface area contributed by atoms with Crippen LogP contribution in [-0.2, 0) is 20.7 Å². The predicted octanol–water partition coefficient (Wildman–Crippen LogP) is 5.98. The molecule has 2 aliphatic rings. The highest BCUT2D eigenvalue weighted by Gasteiger charge is 2.29. The Hall–Kier alpha value is -2.45. The standard InChI is InChI=1S/C26H30N2O4S2/c1-18-16-19-8-2-5-11-22(19)28(23-12-6-4-10-21(18)23)26(31)27-24(29)17-32-25(30)13-7-3-9-20-14-15-33-34-20/h2,4-6,8,10-12,18,20H,3,7,9,13-17H2,1H3,(H,27,29,31)/t18?,20-/m1/s1. The summed E-state index contributed by atoms with van der Waals surface area (Å²) in [7, 11) is 3.85. The first-order valence-electron chi connectivity index (χ1n) is 11.8. The zero-order valence-electron chi connectivity index (χ0n) is 19.3. The molecule has 2 aliphatic heterocycles. The molecule has 4 rings (SSSR count). The molecule has 0 aromatic heterocycles. The molecule has 0 spiro atoms. The minimum atomic E-state index is -0.634. The van der Waals surface area contributed by atoms with Gasteiger partial charge in [0.25, 0.3) is 5.91 Å². The van der Waals surface area contributed by atoms with Crippen LogP contribution >= 0.6 is 21.6 Å². The van der Waals surface area contributed by atoms with E-state index in [1.165, 1.54) is 12.2 Å². The molecule has 3 amide bonds. The van der Waals surface area contributed by atoms with Crippen LogP contribution in [0.15, 0.2) is 48.5 Å². The van der Waals surface area contributed by atoms with Crippen LogP contribution in [-0.4, -0.2) is 35.5 Å². The monoisotopic (exact) mass is 498 g/mol. The number of hydrogen-bond acceptors (Lipinski definition) is 6. The smallest absolute Gasteiger partial charge is 0.333 e. The van der Waals surface area contributed by atoms with Crippen LogP contribution in [0.2, 0.25) is 0 Å². The Morgan fingerprint density at radius 1 is 1.06 bits per heavy atom. The first kappa shape index (κ1) is 24.7. The van der Waals surface area contributed by atoms with Crippen LogP contribution in [0.4, 0.5) is 16.2 Å². The van der Waals surface area contributed by atoms with Gasteiger partial charge in [-0.15, -0.1) is 0 Å². The number of carbonyl (C=O) groups excluding carboxylic acids is 3. The van der Waals surface area contributed by atoms with Gasteiger partial charge in [0, 0.05) is 17.4 Å². The molecule has 6 nitrogen and oxygen atoms in total. The van der Waals surface area contributed by atoms with Crippen molar-refractivity contribution in [2.45, 2.75) is 56.6 Å². The molecule has 0 saturated carbocycles. The Labute approximate surface area is 208 Å². The lowest BCUT2D eigenvalue weighted by Crippen LogP contribution is -2.42. The number of rotatable bonds is 7. The molecule has 0 bridgehead atoms. The van der Waals surface area contributed by atoms with E-state index in [0.29, 0.717) is 5.25 Å². The van der Waals surface area contributed by atoms with Gasteiger partial charge in [0.2, 0.25) is 0 Å². The van der Waals surface area contributed by atoms with Crippen molar-refractivity contribution >= 4 is 50.9 Å². The van der Waals surface area contributed by atoms with E-state index in [1.54, 1.807) is 4.90 Å². The second-order valence-electron chi connectivity index (χ2n) is 8.72. The Morgan fingerprint density at radius 2 is 1.82 bits per heavy atom. The average Bonchev–Trinajstić information content (AvgIpc) is 3.31. The van der Waals surface area contributed by atoms with Crippen molar-refractivity contribution in [3.05, 3.63) is 59.7 Å². The molecule has 1 unspecified atom stereocenters. The number of esters is 1. The van der Waals surface area contributed by atoms with Gasteiger partial charge in [-0.1, -0.05) is 71.3 Å². The van der Waals surface area contributed by atoms with E-state index in [2.05, 4.69) is 12.2 Å². The summed E-state index contributed by atoms with van der Waals surface area (Å²) in [6.07, 6.45) is 5.15. The normalized spacial score (nSPS) is 19.0. The van der Waals surface area contributed by atoms with E-state index in [0.717, 1.165) is 48.2 Å². The maximum atomic E-state index is 13.2. The highest BCUT2D eigenvalue weighted by atomic mass is 33.1. The largest absolute Gasteiger partial charge is 0.456 e. The number of fused-ring (bicyclic) bond motifs is 2. The summed E-state index contributed by atoms with van der Waals surface area (Å²) in [5.74, 6) is 0.386. The number of anilines is 2. The maximum absolute atomic E-state index is 13.2. The summed E-state index contributed by atoms with van der Waals surface area (Å²) in [5.41, 5.74) is 3.58. The number of benzene rings is 2. The molecule has 0 aliphatic carbocycles. The third-order valence-electron chi connectivity index (χ3n) is 6.17. The van der Waals surface area contributed by atoms with E-state index in [1.807, 2.05) is 70.1 Å². The van der Waals surface area contributed by atoms with Crippen LogP contribution < -0.4 is 10.2 Å². The summed E-state index contributed by atoms with van der Waals surface area (Å²) >= 11 is 0. The van der Waals surface area contributed by atoms with Crippen LogP contribution in [0.1, 0.15) is 56.1 Å². The van der Waals surface area contributed by atoms with Gasteiger partial charge in [-0.25, -0.2) is 4.79 Å². The van der Waals surface area contributed by atoms with Gasteiger partial charge >= 0.3 is 12.0 Å². The van der Waals surface area contributed by atoms with Crippen LogP contribution in [0, 0.1) is 0 Å². The van der Waals surface area contributed by atoms with Crippen molar-refractivity contribution in [2.75, 3.05) is 17.3 Å². The Kier molecular flexibility index (Phi) is 8.56. The summed E-state index contributed by atoms with van der Waals surface area (Å²) in [5, 5.41) is 3.09. The molecule has 0 radical (unpaired) electrons. The molecule has 8 heteroatoms. The summed E-state index contributed by atoms with van der Waals surface area (Å²) in [6.45, 7) is 1.67. The second kappa shape index (κ2) is 11.8. The number of para-hydroxylation sites is 2. The number of hydrogen-bond donors (Lipinski definition) is 1. The van der Waals surface area contributed by atoms with Crippen LogP contribution in [0.3, 0.4) is 0 Å². The molecule has 2 heterocycles. The number of nitrogens with zero attached hydrogens (tertiary/aromatic N) is 1. The van der Waals surface area contributed by atoms with E-state index >= 15 is 0 Å². The van der Waals surface area contributed by atoms with E-state index in [9.17, 15) is 14.4 Å². The Balaban J connectivity index is 1.32. The molecule has 1 N–H and O–H groups in total. The summed E-state index contributed by atoms with van der Waals surface area (Å²) in [6, 6.07) is 14.9. The molecular weight excluding hydrogens is 468 g/mol. The van der Waals surface area contributed by atoms with Crippen molar-refractivity contribution in [2.24, 2.45) is 0 Å². The quantitative estimate of drug-likeness (QED) is 0.288. The van der Waals surface area contributed by atoms with Crippen molar-refractivity contribution < 1.29 is 19.1 Å². The number of unbranched alkanes of at least 4 members (excludes halogenated alkanes) is 1. The average molecular weight is 499 g/mol. The minimum Gasteiger partial charge on any atom is -0.456 e. The van der Waals surface area contributed by atoms with Crippen molar-refractivity contribution in [3.8, 4) is 0 Å². The zero-order chi connectivity index (χ0) is 23.9. The third kappa shape index (κ3) is 6.16. The van der Waals surface area contributed by atoms with Crippen molar-refractivity contribution in [3.63, 3.8) is 0 Å². The van der Waals surface area contributed by atoms with Crippen molar-refractivity contribution in [1.29, 1.82) is 0 Å². The molecule has 1 saturated heterocycles. The Bertz CT molecular complexity index is 1040. The lowest BCUT2D eigenvalue weighted by Gasteiger charge is -2.25. The number of ether oxygens (including phenoxy) is 1. The molecular formula is C26H30N2O4S2. The fraction of sp³-hybridized carbons (Fsp3) is 0.423. The highest BCUT2D eigenvalue weighted by Crippen LogP contribution is 2.41. The SMILES string of the molecule is CC1Cc2ccccc2N(C(=O)NC(=O)COC(=O)CCCC[C@@H]2CCSS2)c2ccccc21. The predicted molar refractivity (Wildman–Crippen MR) is 139 cm³/mol. The summed E-state index contributed by atoms with van der Waals surface area (Å²) in [4.78, 5) is 39.2. The molecule has 34 heavy (non-hydrogen) atoms. The summed E-state index contributed by atoms with van der Waals surface area (Å²) < 4.78 is 5.11. The number of carbonyl (C=O) groups is 3. The second-order valence-corrected chi connectivity index (χ2v) is 11.5. The van der Waals surface area contributed by atoms with Gasteiger partial charge in [0.1, 0.15) is 0 Å². The Morgan fingerprint density at radius 3 is 2.62 bits per heavy atom. The first-order valence-corrected chi connectivity index (χ1v) is 14.2. The van der Waals surface area contributed by atoms with E-state index < -0.39 is 24.5 Å². The zero-order valence-corrected chi connectivity index (χ0v) is 21.0. The van der Waals surface area contributed by atoms with Crippen LogP contribution in [0.25, 0.3) is 0 Å². The molecule has 2 aromatic rings. The molecule has 2 aromatic carbocycles. The molecule has 180 valence electrons. The van der Waals surface area contributed by atoms with Gasteiger partial charge in [-0.2, -0.15) is 0 Å². The van der Waals surface area contributed by atoms with E-state index in [4.69, 9.17) is 4.74 Å². The number of imide groups is 1. The number of urea groups is 1. The maximum Gasteiger partial charge on any atom is 0.333 e.